The fourth-order valence-corrected chi connectivity index (χ4v) is 1.15. The zero-order valence-electron chi connectivity index (χ0n) is 8.13. The molecule has 0 aromatic carbocycles. The summed E-state index contributed by atoms with van der Waals surface area (Å²) in [6.07, 6.45) is 7.07. The van der Waals surface area contributed by atoms with Gasteiger partial charge in [0.2, 0.25) is 5.91 Å². The van der Waals surface area contributed by atoms with Crippen molar-refractivity contribution in [2.24, 2.45) is 5.92 Å². The van der Waals surface area contributed by atoms with Gasteiger partial charge in [0.05, 0.1) is 6.54 Å². The second-order valence-corrected chi connectivity index (χ2v) is 3.09. The molecule has 0 aliphatic rings. The van der Waals surface area contributed by atoms with Crippen molar-refractivity contribution in [1.82, 2.24) is 4.90 Å². The van der Waals surface area contributed by atoms with Crippen molar-refractivity contribution in [3.63, 3.8) is 0 Å². The summed E-state index contributed by atoms with van der Waals surface area (Å²) in [4.78, 5) is 13.1. The quantitative estimate of drug-likeness (QED) is 0.581. The maximum Gasteiger partial charge on any atom is 0.225 e. The van der Waals surface area contributed by atoms with Crippen LogP contribution in [-0.2, 0) is 4.79 Å². The molecule has 1 unspecified atom stereocenters. The number of amides is 1. The first-order chi connectivity index (χ1) is 5.63. The first-order valence-electron chi connectivity index (χ1n) is 4.31. The van der Waals surface area contributed by atoms with Crippen LogP contribution < -0.4 is 0 Å². The number of carbonyl (C=O) groups is 1. The van der Waals surface area contributed by atoms with Crippen LogP contribution in [0.3, 0.4) is 0 Å². The van der Waals surface area contributed by atoms with E-state index in [1.54, 1.807) is 11.9 Å². The Bertz CT molecular complexity index is 181. The van der Waals surface area contributed by atoms with Crippen molar-refractivity contribution in [3.05, 3.63) is 0 Å². The third-order valence-corrected chi connectivity index (χ3v) is 1.85. The molecular formula is C10H17NO. The Kier molecular flexibility index (Phi) is 5.19. The number of carbonyl (C=O) groups excluding carboxylic acids is 1. The number of rotatable bonds is 4. The van der Waals surface area contributed by atoms with Crippen molar-refractivity contribution < 1.29 is 4.79 Å². The molecule has 2 nitrogen and oxygen atoms in total. The summed E-state index contributed by atoms with van der Waals surface area (Å²) in [5.41, 5.74) is 0. The standard InChI is InChI=1S/C10H17NO/c1-5-7-9(3)10(12)11(4)8-6-2/h2,9H,5,7-8H2,1,3-4H3. The molecule has 1 amide bonds. The highest BCUT2D eigenvalue weighted by Gasteiger charge is 2.14. The lowest BCUT2D eigenvalue weighted by atomic mass is 10.1. The van der Waals surface area contributed by atoms with E-state index in [2.05, 4.69) is 12.8 Å². The van der Waals surface area contributed by atoms with Crippen LogP contribution in [0.1, 0.15) is 26.7 Å². The fourth-order valence-electron chi connectivity index (χ4n) is 1.15. The summed E-state index contributed by atoms with van der Waals surface area (Å²) in [6, 6.07) is 0. The van der Waals surface area contributed by atoms with Crippen LogP contribution in [0.25, 0.3) is 0 Å². The second kappa shape index (κ2) is 5.65. The number of terminal acetylenes is 1. The van der Waals surface area contributed by atoms with E-state index in [1.165, 1.54) is 0 Å². The van der Waals surface area contributed by atoms with E-state index in [0.717, 1.165) is 12.8 Å². The zero-order valence-corrected chi connectivity index (χ0v) is 8.13. The van der Waals surface area contributed by atoms with Crippen molar-refractivity contribution in [3.8, 4) is 12.3 Å². The van der Waals surface area contributed by atoms with Gasteiger partial charge in [0.25, 0.3) is 0 Å². The SMILES string of the molecule is C#CCN(C)C(=O)C(C)CCC. The summed E-state index contributed by atoms with van der Waals surface area (Å²) in [6.45, 7) is 4.43. The highest BCUT2D eigenvalue weighted by atomic mass is 16.2. The third-order valence-electron chi connectivity index (χ3n) is 1.85. The Morgan fingerprint density at radius 1 is 1.67 bits per heavy atom. The molecular weight excluding hydrogens is 150 g/mol. The van der Waals surface area contributed by atoms with E-state index in [-0.39, 0.29) is 11.8 Å². The van der Waals surface area contributed by atoms with Crippen molar-refractivity contribution >= 4 is 5.91 Å². The lowest BCUT2D eigenvalue weighted by molar-refractivity contribution is -0.133. The molecule has 0 saturated carbocycles. The predicted molar refractivity (Wildman–Crippen MR) is 50.5 cm³/mol. The van der Waals surface area contributed by atoms with Gasteiger partial charge in [0, 0.05) is 13.0 Å². The molecule has 0 rings (SSSR count). The molecule has 2 heteroatoms. The number of hydrogen-bond acceptors (Lipinski definition) is 1. The monoisotopic (exact) mass is 167 g/mol. The van der Waals surface area contributed by atoms with Gasteiger partial charge in [-0.2, -0.15) is 0 Å². The molecule has 0 saturated heterocycles. The molecule has 0 aromatic heterocycles. The Balaban J connectivity index is 3.93. The van der Waals surface area contributed by atoms with Crippen molar-refractivity contribution in [1.29, 1.82) is 0 Å². The summed E-state index contributed by atoms with van der Waals surface area (Å²) in [5.74, 6) is 2.70. The van der Waals surface area contributed by atoms with E-state index in [0.29, 0.717) is 6.54 Å². The van der Waals surface area contributed by atoms with E-state index in [1.807, 2.05) is 6.92 Å². The minimum absolute atomic E-state index is 0.105. The van der Waals surface area contributed by atoms with Crippen molar-refractivity contribution in [2.45, 2.75) is 26.7 Å². The molecule has 0 bridgehead atoms. The molecule has 0 N–H and O–H groups in total. The minimum atomic E-state index is 0.105. The smallest absolute Gasteiger partial charge is 0.225 e. The predicted octanol–water partition coefficient (Wildman–Crippen LogP) is 1.51. The second-order valence-electron chi connectivity index (χ2n) is 3.09. The Morgan fingerprint density at radius 2 is 2.25 bits per heavy atom. The normalized spacial score (nSPS) is 11.8. The van der Waals surface area contributed by atoms with Crippen LogP contribution in [-0.4, -0.2) is 24.4 Å². The summed E-state index contributed by atoms with van der Waals surface area (Å²) in [5, 5.41) is 0. The molecule has 0 aromatic rings. The van der Waals surface area contributed by atoms with E-state index >= 15 is 0 Å². The van der Waals surface area contributed by atoms with Gasteiger partial charge >= 0.3 is 0 Å². The minimum Gasteiger partial charge on any atom is -0.334 e. The summed E-state index contributed by atoms with van der Waals surface area (Å²) >= 11 is 0. The Labute approximate surface area is 74.9 Å². The molecule has 0 radical (unpaired) electrons. The van der Waals surface area contributed by atoms with E-state index < -0.39 is 0 Å². The van der Waals surface area contributed by atoms with Crippen LogP contribution in [0.2, 0.25) is 0 Å². The van der Waals surface area contributed by atoms with Gasteiger partial charge in [-0.25, -0.2) is 0 Å². The maximum absolute atomic E-state index is 11.5. The van der Waals surface area contributed by atoms with E-state index in [4.69, 9.17) is 6.42 Å². The van der Waals surface area contributed by atoms with Crippen LogP contribution >= 0.6 is 0 Å². The highest BCUT2D eigenvalue weighted by Crippen LogP contribution is 2.07. The molecule has 1 atom stereocenters. The lowest BCUT2D eigenvalue weighted by Gasteiger charge is -2.18. The topological polar surface area (TPSA) is 20.3 Å². The fraction of sp³-hybridized carbons (Fsp3) is 0.700. The number of hydrogen-bond donors (Lipinski definition) is 0. The number of nitrogens with zero attached hydrogens (tertiary/aromatic N) is 1. The molecule has 0 spiro atoms. The van der Waals surface area contributed by atoms with Gasteiger partial charge in [-0.1, -0.05) is 26.2 Å². The van der Waals surface area contributed by atoms with Gasteiger partial charge in [-0.15, -0.1) is 6.42 Å². The Morgan fingerprint density at radius 3 is 2.67 bits per heavy atom. The van der Waals surface area contributed by atoms with Crippen LogP contribution in [0.5, 0.6) is 0 Å². The average Bonchev–Trinajstić information content (AvgIpc) is 2.04. The third kappa shape index (κ3) is 3.43. The van der Waals surface area contributed by atoms with Crippen LogP contribution in [0.15, 0.2) is 0 Å². The highest BCUT2D eigenvalue weighted by molar-refractivity contribution is 5.78. The van der Waals surface area contributed by atoms with Gasteiger partial charge in [0.1, 0.15) is 0 Å². The zero-order chi connectivity index (χ0) is 9.56. The van der Waals surface area contributed by atoms with Crippen LogP contribution in [0.4, 0.5) is 0 Å². The Hall–Kier alpha value is -0.970. The molecule has 0 aliphatic carbocycles. The van der Waals surface area contributed by atoms with Gasteiger partial charge in [-0.3, -0.25) is 4.79 Å². The van der Waals surface area contributed by atoms with E-state index in [9.17, 15) is 4.79 Å². The van der Waals surface area contributed by atoms with Gasteiger partial charge in [0.15, 0.2) is 0 Å². The molecule has 0 aliphatic heterocycles. The molecule has 0 fully saturated rings. The molecule has 12 heavy (non-hydrogen) atoms. The van der Waals surface area contributed by atoms with Gasteiger partial charge in [-0.05, 0) is 6.42 Å². The van der Waals surface area contributed by atoms with Crippen molar-refractivity contribution in [2.75, 3.05) is 13.6 Å². The lowest BCUT2D eigenvalue weighted by Crippen LogP contribution is -2.31. The summed E-state index contributed by atoms with van der Waals surface area (Å²) in [7, 11) is 1.74. The summed E-state index contributed by atoms with van der Waals surface area (Å²) < 4.78 is 0. The molecule has 0 heterocycles. The average molecular weight is 167 g/mol. The first-order valence-corrected chi connectivity index (χ1v) is 4.31. The first kappa shape index (κ1) is 11.0. The van der Waals surface area contributed by atoms with Crippen LogP contribution in [0, 0.1) is 18.3 Å². The maximum atomic E-state index is 11.5. The molecule has 68 valence electrons. The largest absolute Gasteiger partial charge is 0.334 e. The van der Waals surface area contributed by atoms with Gasteiger partial charge < -0.3 is 4.90 Å².